The third-order valence-electron chi connectivity index (χ3n) is 2.92. The van der Waals surface area contributed by atoms with Crippen LogP contribution in [0.15, 0.2) is 22.7 Å². The van der Waals surface area contributed by atoms with Crippen molar-refractivity contribution in [1.29, 1.82) is 0 Å². The lowest BCUT2D eigenvalue weighted by Crippen LogP contribution is -2.12. The molecule has 0 aliphatic carbocycles. The highest BCUT2D eigenvalue weighted by Gasteiger charge is 2.02. The molecule has 0 unspecified atom stereocenters. The first kappa shape index (κ1) is 17.5. The van der Waals surface area contributed by atoms with Crippen molar-refractivity contribution in [2.45, 2.75) is 33.7 Å². The zero-order chi connectivity index (χ0) is 14.8. The summed E-state index contributed by atoms with van der Waals surface area (Å²) in [5.74, 6) is 1.59. The first-order chi connectivity index (χ1) is 9.63. The summed E-state index contributed by atoms with van der Waals surface area (Å²) in [6.07, 6.45) is 1.10. The van der Waals surface area contributed by atoms with Gasteiger partial charge < -0.3 is 14.8 Å². The second kappa shape index (κ2) is 10.2. The fourth-order valence-electron chi connectivity index (χ4n) is 1.68. The summed E-state index contributed by atoms with van der Waals surface area (Å²) in [6.45, 7) is 10.4. The smallest absolute Gasteiger partial charge is 0.119 e. The fraction of sp³-hybridized carbons (Fsp3) is 0.625. The molecule has 0 radical (unpaired) electrons. The van der Waals surface area contributed by atoms with Crippen LogP contribution in [0.2, 0.25) is 0 Å². The van der Waals surface area contributed by atoms with E-state index in [0.29, 0.717) is 19.1 Å². The van der Waals surface area contributed by atoms with E-state index < -0.39 is 0 Å². The first-order valence-corrected chi connectivity index (χ1v) is 8.12. The van der Waals surface area contributed by atoms with Crippen LogP contribution in [-0.2, 0) is 11.3 Å². The summed E-state index contributed by atoms with van der Waals surface area (Å²) in [5, 5.41) is 3.32. The Morgan fingerprint density at radius 1 is 1.20 bits per heavy atom. The highest BCUT2D eigenvalue weighted by atomic mass is 79.9. The Balaban J connectivity index is 2.29. The van der Waals surface area contributed by atoms with Gasteiger partial charge in [-0.3, -0.25) is 0 Å². The van der Waals surface area contributed by atoms with Crippen molar-refractivity contribution in [3.05, 3.63) is 28.2 Å². The molecule has 1 aromatic carbocycles. The van der Waals surface area contributed by atoms with Gasteiger partial charge in [-0.05, 0) is 42.6 Å². The highest BCUT2D eigenvalue weighted by molar-refractivity contribution is 9.10. The minimum absolute atomic E-state index is 0.598. The summed E-state index contributed by atoms with van der Waals surface area (Å²) in [4.78, 5) is 0. The van der Waals surface area contributed by atoms with Crippen molar-refractivity contribution in [2.75, 3.05) is 26.4 Å². The van der Waals surface area contributed by atoms with Crippen LogP contribution in [0.25, 0.3) is 0 Å². The lowest BCUT2D eigenvalue weighted by Gasteiger charge is -2.11. The van der Waals surface area contributed by atoms with Crippen LogP contribution in [0.3, 0.4) is 0 Å². The van der Waals surface area contributed by atoms with Gasteiger partial charge in [-0.2, -0.15) is 0 Å². The molecule has 0 heterocycles. The Bertz CT molecular complexity index is 383. The second-order valence-electron chi connectivity index (χ2n) is 5.18. The first-order valence-electron chi connectivity index (χ1n) is 7.33. The van der Waals surface area contributed by atoms with E-state index in [4.69, 9.17) is 9.47 Å². The monoisotopic (exact) mass is 343 g/mol. The maximum atomic E-state index is 5.72. The van der Waals surface area contributed by atoms with Gasteiger partial charge in [0.05, 0.1) is 6.61 Å². The molecule has 0 saturated carbocycles. The van der Waals surface area contributed by atoms with Crippen molar-refractivity contribution in [1.82, 2.24) is 5.32 Å². The Hall–Kier alpha value is -0.580. The molecule has 0 saturated heterocycles. The molecule has 0 atom stereocenters. The summed E-state index contributed by atoms with van der Waals surface area (Å²) in [6, 6.07) is 6.08. The van der Waals surface area contributed by atoms with Gasteiger partial charge in [0, 0.05) is 17.6 Å². The van der Waals surface area contributed by atoms with Gasteiger partial charge in [0.25, 0.3) is 0 Å². The van der Waals surface area contributed by atoms with Gasteiger partial charge in [0.2, 0.25) is 0 Å². The molecule has 0 amide bonds. The number of rotatable bonds is 10. The second-order valence-corrected chi connectivity index (χ2v) is 6.03. The van der Waals surface area contributed by atoms with E-state index in [1.807, 2.05) is 12.1 Å². The Morgan fingerprint density at radius 3 is 2.70 bits per heavy atom. The Kier molecular flexibility index (Phi) is 8.90. The molecule has 0 aromatic heterocycles. The lowest BCUT2D eigenvalue weighted by molar-refractivity contribution is 0.0925. The number of ether oxygens (including phenoxy) is 2. The molecule has 114 valence electrons. The Morgan fingerprint density at radius 2 is 2.00 bits per heavy atom. The van der Waals surface area contributed by atoms with Crippen LogP contribution in [0.4, 0.5) is 0 Å². The normalized spacial score (nSPS) is 11.1. The van der Waals surface area contributed by atoms with Crippen LogP contribution in [0, 0.1) is 5.92 Å². The molecule has 4 heteroatoms. The van der Waals surface area contributed by atoms with E-state index in [1.165, 1.54) is 5.56 Å². The molecule has 1 N–H and O–H groups in total. The number of benzene rings is 1. The zero-order valence-electron chi connectivity index (χ0n) is 12.7. The minimum Gasteiger partial charge on any atom is -0.491 e. The number of halogens is 1. The van der Waals surface area contributed by atoms with Gasteiger partial charge in [-0.25, -0.2) is 0 Å². The van der Waals surface area contributed by atoms with Gasteiger partial charge in [0.1, 0.15) is 12.4 Å². The lowest BCUT2D eigenvalue weighted by atomic mass is 10.1. The number of hydrogen-bond acceptors (Lipinski definition) is 3. The maximum Gasteiger partial charge on any atom is 0.119 e. The van der Waals surface area contributed by atoms with E-state index >= 15 is 0 Å². The quantitative estimate of drug-likeness (QED) is 0.651. The minimum atomic E-state index is 0.598. The van der Waals surface area contributed by atoms with Gasteiger partial charge in [-0.15, -0.1) is 0 Å². The van der Waals surface area contributed by atoms with Crippen LogP contribution < -0.4 is 10.1 Å². The van der Waals surface area contributed by atoms with Gasteiger partial charge in [0.15, 0.2) is 0 Å². The predicted octanol–water partition coefficient (Wildman–Crippen LogP) is 4.00. The van der Waals surface area contributed by atoms with Crippen molar-refractivity contribution in [3.63, 3.8) is 0 Å². The molecular formula is C16H26BrNO2. The van der Waals surface area contributed by atoms with Crippen LogP contribution >= 0.6 is 15.9 Å². The number of hydrogen-bond donors (Lipinski definition) is 1. The standard InChI is InChI=1S/C16H26BrNO2/c1-4-18-12-14-11-15(5-6-16(14)17)20-10-9-19-8-7-13(2)3/h5-6,11,13,18H,4,7-10,12H2,1-3H3. The topological polar surface area (TPSA) is 30.5 Å². The molecule has 1 rings (SSSR count). The summed E-state index contributed by atoms with van der Waals surface area (Å²) < 4.78 is 12.4. The SMILES string of the molecule is CCNCc1cc(OCCOCCC(C)C)ccc1Br. The summed E-state index contributed by atoms with van der Waals surface area (Å²) in [7, 11) is 0. The van der Waals surface area contributed by atoms with Gasteiger partial charge >= 0.3 is 0 Å². The summed E-state index contributed by atoms with van der Waals surface area (Å²) >= 11 is 3.56. The molecule has 0 spiro atoms. The van der Waals surface area contributed by atoms with E-state index in [-0.39, 0.29) is 0 Å². The number of nitrogens with one attached hydrogen (secondary N) is 1. The highest BCUT2D eigenvalue weighted by Crippen LogP contribution is 2.22. The third-order valence-corrected chi connectivity index (χ3v) is 3.69. The fourth-order valence-corrected chi connectivity index (χ4v) is 2.06. The summed E-state index contributed by atoms with van der Waals surface area (Å²) in [5.41, 5.74) is 1.21. The zero-order valence-corrected chi connectivity index (χ0v) is 14.3. The third kappa shape index (κ3) is 7.27. The maximum absolute atomic E-state index is 5.72. The van der Waals surface area contributed by atoms with Crippen molar-refractivity contribution >= 4 is 15.9 Å². The average molecular weight is 344 g/mol. The molecule has 0 fully saturated rings. The van der Waals surface area contributed by atoms with E-state index in [1.54, 1.807) is 0 Å². The molecule has 3 nitrogen and oxygen atoms in total. The molecule has 0 aliphatic rings. The molecule has 1 aromatic rings. The largest absolute Gasteiger partial charge is 0.491 e. The van der Waals surface area contributed by atoms with Gasteiger partial charge in [-0.1, -0.05) is 36.7 Å². The van der Waals surface area contributed by atoms with E-state index in [0.717, 1.165) is 36.3 Å². The molecule has 0 aliphatic heterocycles. The predicted molar refractivity (Wildman–Crippen MR) is 87.3 cm³/mol. The molecule has 20 heavy (non-hydrogen) atoms. The molecule has 0 bridgehead atoms. The van der Waals surface area contributed by atoms with E-state index in [9.17, 15) is 0 Å². The van der Waals surface area contributed by atoms with Crippen LogP contribution in [0.1, 0.15) is 32.8 Å². The van der Waals surface area contributed by atoms with Crippen LogP contribution in [-0.4, -0.2) is 26.4 Å². The van der Waals surface area contributed by atoms with Crippen LogP contribution in [0.5, 0.6) is 5.75 Å². The average Bonchev–Trinajstić information content (AvgIpc) is 2.42. The Labute approximate surface area is 131 Å². The van der Waals surface area contributed by atoms with Crippen molar-refractivity contribution in [3.8, 4) is 5.75 Å². The molecular weight excluding hydrogens is 318 g/mol. The van der Waals surface area contributed by atoms with Crippen molar-refractivity contribution < 1.29 is 9.47 Å². The van der Waals surface area contributed by atoms with E-state index in [2.05, 4.69) is 48.1 Å². The van der Waals surface area contributed by atoms with Crippen molar-refractivity contribution in [2.24, 2.45) is 5.92 Å².